The van der Waals surface area contributed by atoms with Gasteiger partial charge in [-0.25, -0.2) is 19.3 Å². The quantitative estimate of drug-likeness (QED) is 0.190. The molecule has 5 atom stereocenters. The summed E-state index contributed by atoms with van der Waals surface area (Å²) in [7, 11) is 0. The molecule has 2 saturated carbocycles. The van der Waals surface area contributed by atoms with E-state index in [-0.39, 0.29) is 25.5 Å². The Hall–Kier alpha value is -4.75. The molecule has 1 aromatic carbocycles. The van der Waals surface area contributed by atoms with Crippen molar-refractivity contribution in [3.05, 3.63) is 55.1 Å². The molecule has 2 aliphatic carbocycles. The molecule has 2 aromatic rings. The second kappa shape index (κ2) is 13.3. The lowest BCUT2D eigenvalue weighted by Gasteiger charge is -2.35. The number of hydrogen-bond acceptors (Lipinski definition) is 9. The Labute approximate surface area is 267 Å². The van der Waals surface area contributed by atoms with Gasteiger partial charge in [-0.15, -0.1) is 6.58 Å². The number of carbonyl (C=O) groups is 4. The Bertz CT molecular complexity index is 1480. The molecule has 3 aliphatic rings. The van der Waals surface area contributed by atoms with Crippen molar-refractivity contribution in [2.75, 3.05) is 6.54 Å². The van der Waals surface area contributed by atoms with Gasteiger partial charge in [0.25, 0.3) is 0 Å². The van der Waals surface area contributed by atoms with Crippen LogP contribution in [-0.4, -0.2) is 91.2 Å². The highest BCUT2D eigenvalue weighted by Crippen LogP contribution is 2.45. The van der Waals surface area contributed by atoms with Gasteiger partial charge < -0.3 is 30.2 Å². The minimum atomic E-state index is -1.48. The third-order valence-corrected chi connectivity index (χ3v) is 8.83. The van der Waals surface area contributed by atoms with Crippen LogP contribution in [0.2, 0.25) is 0 Å². The van der Waals surface area contributed by atoms with E-state index in [4.69, 9.17) is 9.57 Å². The average Bonchev–Trinajstić information content (AvgIpc) is 3.50. The zero-order valence-electron chi connectivity index (χ0n) is 26.3. The standard InChI is InChI=1S/C32H41N7O7/c1-5-21-15-32(21,29(42)43)37-27(40)25-14-23(46-35-16-20-10-6-9-13-24(20)39-19-33-18-34-39)17-38(25)28(41)26(31(2,3)4)36-30(44)45-22-11-7-8-12-22/h5-6,9-10,13,16,18-19,21-23,25-26H,1,7-8,11-12,14-15,17H2,2-4H3,(H,36,44)(H,37,40)(H,42,43)/b35-16+/t21-,23-,25+,26-,32+/m1/s1. The zero-order chi connectivity index (χ0) is 33.1. The molecule has 2 heterocycles. The number of nitrogens with one attached hydrogen (secondary N) is 2. The summed E-state index contributed by atoms with van der Waals surface area (Å²) in [6, 6.07) is 5.24. The summed E-state index contributed by atoms with van der Waals surface area (Å²) >= 11 is 0. The van der Waals surface area contributed by atoms with E-state index in [1.165, 1.54) is 23.5 Å². The first-order valence-electron chi connectivity index (χ1n) is 15.5. The molecule has 14 nitrogen and oxygen atoms in total. The molecule has 1 saturated heterocycles. The first-order valence-corrected chi connectivity index (χ1v) is 15.5. The molecule has 0 unspecified atom stereocenters. The van der Waals surface area contributed by atoms with Crippen molar-refractivity contribution in [2.45, 2.75) is 89.1 Å². The Morgan fingerprint density at radius 2 is 1.91 bits per heavy atom. The summed E-state index contributed by atoms with van der Waals surface area (Å²) in [4.78, 5) is 64.0. The van der Waals surface area contributed by atoms with E-state index in [1.807, 2.05) is 24.3 Å². The minimum absolute atomic E-state index is 0.0180. The third-order valence-electron chi connectivity index (χ3n) is 8.83. The average molecular weight is 636 g/mol. The third kappa shape index (κ3) is 7.05. The maximum absolute atomic E-state index is 14.2. The van der Waals surface area contributed by atoms with Crippen LogP contribution in [0.4, 0.5) is 4.79 Å². The van der Waals surface area contributed by atoms with Crippen LogP contribution in [0.5, 0.6) is 0 Å². The minimum Gasteiger partial charge on any atom is -0.479 e. The Kier molecular flexibility index (Phi) is 9.44. The number of ether oxygens (including phenoxy) is 1. The lowest BCUT2D eigenvalue weighted by Crippen LogP contribution is -2.59. The van der Waals surface area contributed by atoms with Crippen molar-refractivity contribution < 1.29 is 33.9 Å². The fourth-order valence-electron chi connectivity index (χ4n) is 6.12. The number of carbonyl (C=O) groups excluding carboxylic acids is 3. The number of benzene rings is 1. The molecular weight excluding hydrogens is 594 g/mol. The highest BCUT2D eigenvalue weighted by molar-refractivity contribution is 5.96. The van der Waals surface area contributed by atoms with Crippen molar-refractivity contribution in [3.63, 3.8) is 0 Å². The highest BCUT2D eigenvalue weighted by atomic mass is 16.6. The normalized spacial score (nSPS) is 25.2. The van der Waals surface area contributed by atoms with E-state index in [0.29, 0.717) is 5.56 Å². The summed E-state index contributed by atoms with van der Waals surface area (Å²) < 4.78 is 7.16. The summed E-state index contributed by atoms with van der Waals surface area (Å²) in [5, 5.41) is 23.6. The van der Waals surface area contributed by atoms with E-state index in [0.717, 1.165) is 31.4 Å². The number of para-hydroxylation sites is 1. The van der Waals surface area contributed by atoms with Gasteiger partial charge in [-0.3, -0.25) is 9.59 Å². The van der Waals surface area contributed by atoms with Crippen molar-refractivity contribution in [3.8, 4) is 5.69 Å². The lowest BCUT2D eigenvalue weighted by molar-refractivity contribution is -0.146. The molecule has 0 bridgehead atoms. The molecule has 0 radical (unpaired) electrons. The summed E-state index contributed by atoms with van der Waals surface area (Å²) in [5.74, 6) is -2.75. The first-order chi connectivity index (χ1) is 21.9. The molecule has 246 valence electrons. The van der Waals surface area contributed by atoms with Gasteiger partial charge in [0.05, 0.1) is 18.4 Å². The lowest BCUT2D eigenvalue weighted by atomic mass is 9.85. The van der Waals surface area contributed by atoms with Crippen LogP contribution in [0.25, 0.3) is 5.69 Å². The molecule has 1 aromatic heterocycles. The SMILES string of the molecule is C=C[C@@H]1C[C@@]1(NC(=O)[C@@H]1C[C@@H](O/N=C/c2ccccc2-n2cncn2)CN1C(=O)[C@@H](NC(=O)OC1CCCC1)C(C)(C)C)C(=O)O. The van der Waals surface area contributed by atoms with Crippen LogP contribution in [-0.2, 0) is 24.0 Å². The summed E-state index contributed by atoms with van der Waals surface area (Å²) in [6.45, 7) is 9.08. The van der Waals surface area contributed by atoms with Crippen LogP contribution >= 0.6 is 0 Å². The topological polar surface area (TPSA) is 177 Å². The molecule has 0 spiro atoms. The van der Waals surface area contributed by atoms with Crippen molar-refractivity contribution >= 4 is 30.1 Å². The monoisotopic (exact) mass is 635 g/mol. The fourth-order valence-corrected chi connectivity index (χ4v) is 6.12. The van der Waals surface area contributed by atoms with Gasteiger partial charge in [-0.05, 0) is 43.6 Å². The van der Waals surface area contributed by atoms with Gasteiger partial charge in [0.2, 0.25) is 11.8 Å². The molecular formula is C32H41N7O7. The molecule has 46 heavy (non-hydrogen) atoms. The first kappa shape index (κ1) is 32.6. The van der Waals surface area contributed by atoms with Gasteiger partial charge in [0.15, 0.2) is 0 Å². The Morgan fingerprint density at radius 1 is 1.17 bits per heavy atom. The molecule has 5 rings (SSSR count). The number of aliphatic carboxylic acids is 1. The van der Waals surface area contributed by atoms with E-state index in [9.17, 15) is 24.3 Å². The van der Waals surface area contributed by atoms with Crippen LogP contribution in [0.3, 0.4) is 0 Å². The van der Waals surface area contributed by atoms with Crippen LogP contribution in [0.15, 0.2) is 54.7 Å². The van der Waals surface area contributed by atoms with Gasteiger partial charge >= 0.3 is 12.1 Å². The van der Waals surface area contributed by atoms with Crippen molar-refractivity contribution in [2.24, 2.45) is 16.5 Å². The predicted molar refractivity (Wildman–Crippen MR) is 166 cm³/mol. The number of rotatable bonds is 11. The van der Waals surface area contributed by atoms with Gasteiger partial charge in [-0.2, -0.15) is 5.10 Å². The number of amides is 3. The zero-order valence-corrected chi connectivity index (χ0v) is 26.3. The van der Waals surface area contributed by atoms with Crippen LogP contribution in [0.1, 0.15) is 64.9 Å². The van der Waals surface area contributed by atoms with Gasteiger partial charge in [0, 0.05) is 17.9 Å². The number of hydrogen-bond donors (Lipinski definition) is 3. The molecule has 14 heteroatoms. The van der Waals surface area contributed by atoms with Gasteiger partial charge in [-0.1, -0.05) is 50.2 Å². The maximum atomic E-state index is 14.2. The highest BCUT2D eigenvalue weighted by Gasteiger charge is 2.61. The molecule has 3 N–H and O–H groups in total. The second-order valence-electron chi connectivity index (χ2n) is 13.2. The fraction of sp³-hybridized carbons (Fsp3) is 0.531. The smallest absolute Gasteiger partial charge is 0.408 e. The molecule has 1 aliphatic heterocycles. The van der Waals surface area contributed by atoms with E-state index in [2.05, 4.69) is 32.5 Å². The maximum Gasteiger partial charge on any atom is 0.408 e. The number of oxime groups is 1. The van der Waals surface area contributed by atoms with Crippen molar-refractivity contribution in [1.29, 1.82) is 0 Å². The number of nitrogens with zero attached hydrogens (tertiary/aromatic N) is 5. The number of likely N-dealkylation sites (tertiary alicyclic amines) is 1. The molecule has 3 amide bonds. The number of aromatic nitrogens is 3. The second-order valence-corrected chi connectivity index (χ2v) is 13.2. The van der Waals surface area contributed by atoms with Crippen molar-refractivity contribution in [1.82, 2.24) is 30.3 Å². The number of alkyl carbamates (subject to hydrolysis) is 1. The molecule has 3 fully saturated rings. The number of carboxylic acids is 1. The van der Waals surface area contributed by atoms with E-state index >= 15 is 0 Å². The summed E-state index contributed by atoms with van der Waals surface area (Å²) in [5.41, 5.74) is -0.820. The number of carboxylic acid groups (broad SMARTS) is 1. The predicted octanol–water partition coefficient (Wildman–Crippen LogP) is 2.82. The largest absolute Gasteiger partial charge is 0.479 e. The van der Waals surface area contributed by atoms with Gasteiger partial charge in [0.1, 0.15) is 42.5 Å². The Balaban J connectivity index is 1.35. The Morgan fingerprint density at radius 3 is 2.54 bits per heavy atom. The van der Waals surface area contributed by atoms with Crippen LogP contribution < -0.4 is 10.6 Å². The van der Waals surface area contributed by atoms with E-state index < -0.39 is 58.9 Å². The summed E-state index contributed by atoms with van der Waals surface area (Å²) in [6.07, 6.45) is 8.14. The van der Waals surface area contributed by atoms with Crippen LogP contribution in [0, 0.1) is 11.3 Å². The van der Waals surface area contributed by atoms with E-state index in [1.54, 1.807) is 31.8 Å².